The molecule has 0 saturated carbocycles. The molecule has 56 heavy (non-hydrogen) atoms. The third kappa shape index (κ3) is 8.44. The van der Waals surface area contributed by atoms with Crippen molar-refractivity contribution >= 4 is 11.8 Å². The van der Waals surface area contributed by atoms with Gasteiger partial charge in [-0.15, -0.1) is 0 Å². The van der Waals surface area contributed by atoms with Crippen molar-refractivity contribution in [2.24, 2.45) is 0 Å². The minimum Gasteiger partial charge on any atom is -0.351 e. The first-order valence-corrected chi connectivity index (χ1v) is 14.4. The Kier molecular flexibility index (Phi) is 14.3. The van der Waals surface area contributed by atoms with Crippen molar-refractivity contribution in [3.8, 4) is 0 Å². The summed E-state index contributed by atoms with van der Waals surface area (Å²) in [6.07, 6.45) is -16.4. The summed E-state index contributed by atoms with van der Waals surface area (Å²) in [5.74, 6) is -85.5. The first-order chi connectivity index (χ1) is 24.5. The minimum atomic E-state index is -8.22. The number of nitrogens with one attached hydrogen (secondary N) is 2. The van der Waals surface area contributed by atoms with Gasteiger partial charge in [0.25, 0.3) is 11.8 Å². The number of alkyl halides is 26. The molecule has 332 valence electrons. The van der Waals surface area contributed by atoms with Crippen LogP contribution in [0.15, 0.2) is 0 Å². The second-order valence-corrected chi connectivity index (χ2v) is 11.6. The first-order valence-electron chi connectivity index (χ1n) is 14.4. The number of hydrogen-bond acceptors (Lipinski definition) is 4. The zero-order valence-electron chi connectivity index (χ0n) is 26.6. The third-order valence-electron chi connectivity index (χ3n) is 7.78. The molecule has 6 nitrogen and oxygen atoms in total. The van der Waals surface area contributed by atoms with E-state index in [0.29, 0.717) is 0 Å². The maximum absolute atomic E-state index is 13.9. The minimum absolute atomic E-state index is 0.0839. The zero-order chi connectivity index (χ0) is 44.8. The van der Waals surface area contributed by atoms with Gasteiger partial charge in [-0.2, -0.15) is 114 Å². The van der Waals surface area contributed by atoms with Crippen LogP contribution in [-0.4, -0.2) is 146 Å². The van der Waals surface area contributed by atoms with E-state index in [1.807, 2.05) is 0 Å². The molecule has 1 aliphatic heterocycles. The van der Waals surface area contributed by atoms with Crippen LogP contribution < -0.4 is 10.6 Å². The summed E-state index contributed by atoms with van der Waals surface area (Å²) in [6.45, 7) is -3.27. The van der Waals surface area contributed by atoms with Crippen molar-refractivity contribution < 1.29 is 124 Å². The highest BCUT2D eigenvalue weighted by Gasteiger charge is 2.93. The van der Waals surface area contributed by atoms with Gasteiger partial charge in [0.2, 0.25) is 0 Å². The van der Waals surface area contributed by atoms with Crippen LogP contribution in [0.4, 0.5) is 114 Å². The van der Waals surface area contributed by atoms with Crippen molar-refractivity contribution in [1.82, 2.24) is 20.4 Å². The van der Waals surface area contributed by atoms with Crippen LogP contribution in [0.1, 0.15) is 12.8 Å². The van der Waals surface area contributed by atoms with Crippen LogP contribution in [0.2, 0.25) is 0 Å². The normalized spacial score (nSPS) is 17.6. The number of carbonyl (C=O) groups excluding carboxylic acids is 2. The van der Waals surface area contributed by atoms with Gasteiger partial charge in [0.05, 0.1) is 0 Å². The molecule has 0 spiro atoms. The summed E-state index contributed by atoms with van der Waals surface area (Å²) in [6, 6.07) is 0. The number of nitrogens with zero attached hydrogens (tertiary/aromatic N) is 2. The predicted octanol–water partition coefficient (Wildman–Crippen LogP) is 7.09. The Morgan fingerprint density at radius 3 is 0.786 bits per heavy atom. The van der Waals surface area contributed by atoms with Crippen LogP contribution in [0.25, 0.3) is 0 Å². The van der Waals surface area contributed by atoms with E-state index in [4.69, 9.17) is 0 Å². The Hall–Kier alpha value is -2.96. The van der Waals surface area contributed by atoms with E-state index in [9.17, 15) is 124 Å². The fourth-order valence-electron chi connectivity index (χ4n) is 4.29. The molecule has 1 rings (SSSR count). The molecule has 0 radical (unpaired) electrons. The fraction of sp³-hybridized carbons (Fsp3) is 0.917. The lowest BCUT2D eigenvalue weighted by molar-refractivity contribution is -0.436. The Balaban J connectivity index is 2.68. The second-order valence-electron chi connectivity index (χ2n) is 11.6. The average molecular weight is 892 g/mol. The lowest BCUT2D eigenvalue weighted by Gasteiger charge is -2.39. The second kappa shape index (κ2) is 15.7. The van der Waals surface area contributed by atoms with Gasteiger partial charge in [0, 0.05) is 39.3 Å². The highest BCUT2D eigenvalue weighted by atomic mass is 19.4. The van der Waals surface area contributed by atoms with Crippen molar-refractivity contribution in [2.45, 2.75) is 84.4 Å². The Labute approximate surface area is 293 Å². The van der Waals surface area contributed by atoms with Gasteiger partial charge in [0.15, 0.2) is 0 Å². The average Bonchev–Trinajstić information content (AvgIpc) is 3.03. The van der Waals surface area contributed by atoms with Gasteiger partial charge in [-0.25, -0.2) is 0 Å². The molecule has 1 saturated heterocycles. The summed E-state index contributed by atoms with van der Waals surface area (Å²) in [7, 11) is 0. The Morgan fingerprint density at radius 1 is 0.357 bits per heavy atom. The fourth-order valence-corrected chi connectivity index (χ4v) is 4.29. The predicted molar refractivity (Wildman–Crippen MR) is 130 cm³/mol. The number of carbonyl (C=O) groups is 2. The third-order valence-corrected chi connectivity index (χ3v) is 7.78. The lowest BCUT2D eigenvalue weighted by atomic mass is 9.93. The van der Waals surface area contributed by atoms with Crippen molar-refractivity contribution in [3.05, 3.63) is 0 Å². The summed E-state index contributed by atoms with van der Waals surface area (Å²) < 4.78 is 342. The topological polar surface area (TPSA) is 64.7 Å². The quantitative estimate of drug-likeness (QED) is 0.114. The standard InChI is InChI=1S/C24H22F26N4O2/c25-13(26,15(29,30)17(33,34)19(37,38)21(41,42)23(45,46)47)11(55)51-3-1-5-53-7-9-54(10-8-53)6-2-4-52-12(56)14(27,28)16(31,32)18(35,36)20(39,40)22(43,44)24(48,49)50/h1-10H2,(H,51,55)(H,52,56). The van der Waals surface area contributed by atoms with Crippen LogP contribution in [0.5, 0.6) is 0 Å². The highest BCUT2D eigenvalue weighted by Crippen LogP contribution is 2.61. The molecule has 2 amide bonds. The van der Waals surface area contributed by atoms with Crippen LogP contribution >= 0.6 is 0 Å². The van der Waals surface area contributed by atoms with Crippen LogP contribution in [0, 0.1) is 0 Å². The van der Waals surface area contributed by atoms with Gasteiger partial charge in [-0.1, -0.05) is 0 Å². The van der Waals surface area contributed by atoms with Crippen LogP contribution in [-0.2, 0) is 9.59 Å². The molecule has 0 aromatic heterocycles. The molecule has 0 bridgehead atoms. The molecule has 1 fully saturated rings. The largest absolute Gasteiger partial charge is 0.460 e. The summed E-state index contributed by atoms with van der Waals surface area (Å²) in [4.78, 5) is 25.6. The summed E-state index contributed by atoms with van der Waals surface area (Å²) in [5.41, 5.74) is 0. The van der Waals surface area contributed by atoms with Crippen molar-refractivity contribution in [2.75, 3.05) is 52.4 Å². The number of halogens is 26. The van der Waals surface area contributed by atoms with Gasteiger partial charge in [0.1, 0.15) is 0 Å². The van der Waals surface area contributed by atoms with E-state index in [1.54, 1.807) is 0 Å². The van der Waals surface area contributed by atoms with E-state index in [2.05, 4.69) is 0 Å². The van der Waals surface area contributed by atoms with E-state index in [0.717, 1.165) is 10.6 Å². The number of amides is 2. The van der Waals surface area contributed by atoms with Gasteiger partial charge in [-0.3, -0.25) is 9.59 Å². The van der Waals surface area contributed by atoms with Crippen LogP contribution in [0.3, 0.4) is 0 Å². The number of rotatable bonds is 18. The molecule has 2 N–H and O–H groups in total. The highest BCUT2D eigenvalue weighted by molar-refractivity contribution is 5.85. The van der Waals surface area contributed by atoms with Crippen molar-refractivity contribution in [1.29, 1.82) is 0 Å². The molecule has 0 aliphatic carbocycles. The molecule has 0 unspecified atom stereocenters. The Morgan fingerprint density at radius 2 is 0.571 bits per heavy atom. The molecule has 0 aromatic carbocycles. The van der Waals surface area contributed by atoms with Gasteiger partial charge >= 0.3 is 71.6 Å². The molecule has 1 aliphatic rings. The zero-order valence-corrected chi connectivity index (χ0v) is 26.6. The van der Waals surface area contributed by atoms with E-state index in [1.165, 1.54) is 9.80 Å². The SMILES string of the molecule is O=C(NCCCN1CCN(CCCNC(=O)C(F)(F)C(F)(F)C(F)(F)C(F)(F)C(F)(F)C(F)(F)F)CC1)C(F)(F)C(F)(F)C(F)(F)C(F)(F)C(F)(F)C(F)(F)F. The number of hydrogen-bond donors (Lipinski definition) is 2. The maximum Gasteiger partial charge on any atom is 0.460 e. The maximum atomic E-state index is 13.9. The summed E-state index contributed by atoms with van der Waals surface area (Å²) >= 11 is 0. The molecular weight excluding hydrogens is 870 g/mol. The molecular formula is C24H22F26N4O2. The molecule has 1 heterocycles. The Bertz CT molecular complexity index is 1270. The first kappa shape index (κ1) is 51.1. The van der Waals surface area contributed by atoms with Gasteiger partial charge < -0.3 is 20.4 Å². The number of piperazine rings is 1. The van der Waals surface area contributed by atoms with E-state index in [-0.39, 0.29) is 39.3 Å². The monoisotopic (exact) mass is 892 g/mol. The molecule has 0 aromatic rings. The molecule has 0 atom stereocenters. The lowest BCUT2D eigenvalue weighted by Crippen LogP contribution is -2.72. The van der Waals surface area contributed by atoms with Crippen molar-refractivity contribution in [3.63, 3.8) is 0 Å². The summed E-state index contributed by atoms with van der Waals surface area (Å²) in [5, 5.41) is 1.75. The van der Waals surface area contributed by atoms with E-state index < -0.39 is 109 Å². The van der Waals surface area contributed by atoms with E-state index >= 15 is 0 Å². The smallest absolute Gasteiger partial charge is 0.351 e. The molecule has 32 heteroatoms. The van der Waals surface area contributed by atoms with Gasteiger partial charge in [-0.05, 0) is 25.9 Å².